The van der Waals surface area contributed by atoms with Gasteiger partial charge in [-0.3, -0.25) is 18.9 Å². The van der Waals surface area contributed by atoms with E-state index in [1.54, 1.807) is 39.8 Å². The Morgan fingerprint density at radius 3 is 2.79 bits per heavy atom. The fourth-order valence-corrected chi connectivity index (χ4v) is 4.71. The van der Waals surface area contributed by atoms with E-state index in [0.29, 0.717) is 39.8 Å². The molecule has 0 spiro atoms. The summed E-state index contributed by atoms with van der Waals surface area (Å²) in [5.74, 6) is 0.533. The Hall–Kier alpha value is -1.94. The molecular formula is C19H18BrClN4O3S. The average molecular weight is 498 g/mol. The Balaban J connectivity index is 1.29. The Morgan fingerprint density at radius 1 is 1.24 bits per heavy atom. The maximum Gasteiger partial charge on any atom is 0.260 e. The van der Waals surface area contributed by atoms with Crippen molar-refractivity contribution in [3.63, 3.8) is 0 Å². The lowest BCUT2D eigenvalue weighted by Crippen LogP contribution is -2.49. The number of hydrogen-bond acceptors (Lipinski definition) is 6. The number of carbonyl (C=O) groups is 1. The van der Waals surface area contributed by atoms with Crippen LogP contribution in [0.2, 0.25) is 5.02 Å². The third-order valence-corrected chi connectivity index (χ3v) is 6.32. The lowest BCUT2D eigenvalue weighted by molar-refractivity contribution is -0.135. The zero-order valence-electron chi connectivity index (χ0n) is 15.4. The maximum atomic E-state index is 12.5. The molecule has 29 heavy (non-hydrogen) atoms. The van der Waals surface area contributed by atoms with Crippen LogP contribution in [0.15, 0.2) is 45.1 Å². The Labute approximate surface area is 184 Å². The molecule has 0 atom stereocenters. The van der Waals surface area contributed by atoms with Gasteiger partial charge in [0.2, 0.25) is 0 Å². The summed E-state index contributed by atoms with van der Waals surface area (Å²) >= 11 is 10.7. The van der Waals surface area contributed by atoms with Crippen LogP contribution in [-0.4, -0.2) is 57.9 Å². The number of thiazole rings is 1. The van der Waals surface area contributed by atoms with Gasteiger partial charge in [-0.25, -0.2) is 4.98 Å². The summed E-state index contributed by atoms with van der Waals surface area (Å²) in [6.07, 6.45) is 1.73. The monoisotopic (exact) mass is 496 g/mol. The van der Waals surface area contributed by atoms with Gasteiger partial charge in [-0.05, 0) is 34.1 Å². The van der Waals surface area contributed by atoms with Gasteiger partial charge in [0, 0.05) is 55.4 Å². The molecular weight excluding hydrogens is 480 g/mol. The third-order valence-electron chi connectivity index (χ3n) is 4.71. The maximum absolute atomic E-state index is 12.5. The molecule has 1 saturated heterocycles. The van der Waals surface area contributed by atoms with E-state index < -0.39 is 0 Å². The molecule has 0 bridgehead atoms. The first kappa shape index (κ1) is 20.3. The molecule has 7 nitrogen and oxygen atoms in total. The van der Waals surface area contributed by atoms with Crippen molar-refractivity contribution in [1.82, 2.24) is 19.2 Å². The molecule has 1 aliphatic heterocycles. The van der Waals surface area contributed by atoms with Crippen LogP contribution in [0.3, 0.4) is 0 Å². The summed E-state index contributed by atoms with van der Waals surface area (Å²) in [6.45, 7) is 3.26. The first-order valence-electron chi connectivity index (χ1n) is 9.03. The highest BCUT2D eigenvalue weighted by Crippen LogP contribution is 2.28. The molecule has 3 aromatic rings. The number of amides is 1. The van der Waals surface area contributed by atoms with E-state index in [0.717, 1.165) is 18.8 Å². The Morgan fingerprint density at radius 2 is 2.03 bits per heavy atom. The van der Waals surface area contributed by atoms with E-state index >= 15 is 0 Å². The molecule has 1 aliphatic rings. The van der Waals surface area contributed by atoms with Crippen LogP contribution in [0, 0.1) is 0 Å². The third kappa shape index (κ3) is 4.80. The molecule has 0 saturated carbocycles. The number of halogens is 2. The van der Waals surface area contributed by atoms with Crippen molar-refractivity contribution in [2.75, 3.05) is 32.8 Å². The predicted octanol–water partition coefficient (Wildman–Crippen LogP) is 2.90. The van der Waals surface area contributed by atoms with Gasteiger partial charge in [-0.2, -0.15) is 0 Å². The van der Waals surface area contributed by atoms with Gasteiger partial charge in [-0.15, -0.1) is 11.3 Å². The van der Waals surface area contributed by atoms with E-state index in [9.17, 15) is 9.59 Å². The summed E-state index contributed by atoms with van der Waals surface area (Å²) in [5, 5.41) is 2.45. The second-order valence-electron chi connectivity index (χ2n) is 6.66. The zero-order chi connectivity index (χ0) is 20.4. The molecule has 2 aromatic heterocycles. The topological polar surface area (TPSA) is 67.2 Å². The van der Waals surface area contributed by atoms with Gasteiger partial charge in [0.1, 0.15) is 5.75 Å². The van der Waals surface area contributed by atoms with E-state index in [2.05, 4.69) is 25.8 Å². The fourth-order valence-electron chi connectivity index (χ4n) is 3.18. The summed E-state index contributed by atoms with van der Waals surface area (Å²) in [4.78, 5) is 33.8. The fraction of sp³-hybridized carbons (Fsp3) is 0.316. The van der Waals surface area contributed by atoms with Gasteiger partial charge < -0.3 is 9.64 Å². The quantitative estimate of drug-likeness (QED) is 0.542. The molecule has 1 aromatic carbocycles. The van der Waals surface area contributed by atoms with Crippen molar-refractivity contribution in [1.29, 1.82) is 0 Å². The van der Waals surface area contributed by atoms with Crippen molar-refractivity contribution < 1.29 is 9.53 Å². The average Bonchev–Trinajstić information content (AvgIpc) is 3.17. The number of carbonyl (C=O) groups excluding carboxylic acids is 1. The predicted molar refractivity (Wildman–Crippen MR) is 116 cm³/mol. The van der Waals surface area contributed by atoms with E-state index in [1.807, 2.05) is 5.38 Å². The first-order valence-corrected chi connectivity index (χ1v) is 11.1. The van der Waals surface area contributed by atoms with Crippen molar-refractivity contribution in [3.8, 4) is 5.75 Å². The van der Waals surface area contributed by atoms with Gasteiger partial charge >= 0.3 is 0 Å². The molecule has 10 heteroatoms. The van der Waals surface area contributed by atoms with Crippen LogP contribution in [0.5, 0.6) is 5.75 Å². The lowest BCUT2D eigenvalue weighted by atomic mass is 10.2. The molecule has 0 unspecified atom stereocenters. The second kappa shape index (κ2) is 8.83. The molecule has 1 amide bonds. The molecule has 152 valence electrons. The lowest BCUT2D eigenvalue weighted by Gasteiger charge is -2.34. The highest BCUT2D eigenvalue weighted by Gasteiger charge is 2.22. The Bertz CT molecular complexity index is 1090. The van der Waals surface area contributed by atoms with Crippen LogP contribution >= 0.6 is 38.9 Å². The minimum atomic E-state index is -0.0643. The zero-order valence-corrected chi connectivity index (χ0v) is 18.5. The van der Waals surface area contributed by atoms with Crippen molar-refractivity contribution in [2.45, 2.75) is 6.54 Å². The molecule has 3 heterocycles. The number of nitrogens with zero attached hydrogens (tertiary/aromatic N) is 4. The van der Waals surface area contributed by atoms with Crippen LogP contribution in [-0.2, 0) is 11.3 Å². The van der Waals surface area contributed by atoms with Crippen molar-refractivity contribution in [2.24, 2.45) is 0 Å². The normalized spacial score (nSPS) is 15.0. The molecule has 0 aliphatic carbocycles. The van der Waals surface area contributed by atoms with Crippen LogP contribution in [0.25, 0.3) is 4.96 Å². The molecule has 0 radical (unpaired) electrons. The summed E-state index contributed by atoms with van der Waals surface area (Å²) < 4.78 is 7.88. The molecule has 4 rings (SSSR count). The smallest absolute Gasteiger partial charge is 0.260 e. The number of benzene rings is 1. The minimum absolute atomic E-state index is 0.0202. The molecule has 1 fully saturated rings. The van der Waals surface area contributed by atoms with E-state index in [-0.39, 0.29) is 18.1 Å². The number of piperazine rings is 1. The van der Waals surface area contributed by atoms with Gasteiger partial charge in [0.15, 0.2) is 11.6 Å². The number of aromatic nitrogens is 2. The highest BCUT2D eigenvalue weighted by molar-refractivity contribution is 9.10. The Kier molecular flexibility index (Phi) is 6.19. The minimum Gasteiger partial charge on any atom is -0.483 e. The largest absolute Gasteiger partial charge is 0.483 e. The van der Waals surface area contributed by atoms with Gasteiger partial charge in [0.25, 0.3) is 11.5 Å². The van der Waals surface area contributed by atoms with Crippen LogP contribution in [0.1, 0.15) is 5.69 Å². The SMILES string of the molecule is O=C(COc1ccc(Cl)cc1Br)N1CCN(Cc2cc(=O)n3ccsc3n2)CC1. The first-order chi connectivity index (χ1) is 14.0. The number of ether oxygens (including phenoxy) is 1. The van der Waals surface area contributed by atoms with Crippen molar-refractivity contribution >= 4 is 49.7 Å². The van der Waals surface area contributed by atoms with E-state index in [4.69, 9.17) is 16.3 Å². The van der Waals surface area contributed by atoms with Crippen molar-refractivity contribution in [3.05, 3.63) is 61.4 Å². The van der Waals surface area contributed by atoms with Crippen LogP contribution < -0.4 is 10.3 Å². The number of rotatable bonds is 5. The standard InChI is InChI=1S/C19H18BrClN4O3S/c20-15-9-13(21)1-2-16(15)28-12-18(27)24-5-3-23(4-6-24)11-14-10-17(26)25-7-8-29-19(25)22-14/h1-2,7-10H,3-6,11-12H2. The second-order valence-corrected chi connectivity index (χ2v) is 8.83. The highest BCUT2D eigenvalue weighted by atomic mass is 79.9. The number of fused-ring (bicyclic) bond motifs is 1. The summed E-state index contributed by atoms with van der Waals surface area (Å²) in [7, 11) is 0. The molecule has 0 N–H and O–H groups in total. The summed E-state index contributed by atoms with van der Waals surface area (Å²) in [5.41, 5.74) is 0.693. The van der Waals surface area contributed by atoms with Gasteiger partial charge in [-0.1, -0.05) is 11.6 Å². The summed E-state index contributed by atoms with van der Waals surface area (Å²) in [6, 6.07) is 6.76. The van der Waals surface area contributed by atoms with Crippen LogP contribution in [0.4, 0.5) is 0 Å². The van der Waals surface area contributed by atoms with Gasteiger partial charge in [0.05, 0.1) is 10.2 Å². The number of hydrogen-bond donors (Lipinski definition) is 0. The van der Waals surface area contributed by atoms with E-state index in [1.165, 1.54) is 11.3 Å².